The largest absolute Gasteiger partial charge is 0.381 e. The van der Waals surface area contributed by atoms with Gasteiger partial charge in [0.15, 0.2) is 0 Å². The van der Waals surface area contributed by atoms with Gasteiger partial charge in [0.2, 0.25) is 6.29 Å². The molecule has 1 aromatic heterocycles. The van der Waals surface area contributed by atoms with Crippen molar-refractivity contribution in [2.24, 2.45) is 0 Å². The molecule has 1 aromatic rings. The fourth-order valence-corrected chi connectivity index (χ4v) is 1.31. The van der Waals surface area contributed by atoms with Crippen molar-refractivity contribution in [3.8, 4) is 0 Å². The van der Waals surface area contributed by atoms with E-state index in [0.717, 1.165) is 11.5 Å². The molecule has 0 fully saturated rings. The van der Waals surface area contributed by atoms with Gasteiger partial charge in [0.05, 0.1) is 12.3 Å². The second-order valence-corrected chi connectivity index (χ2v) is 3.15. The first-order valence-electron chi connectivity index (χ1n) is 5.27. The Morgan fingerprint density at radius 3 is 2.69 bits per heavy atom. The number of nitrogens with zero attached hydrogens (tertiary/aromatic N) is 2. The third-order valence-electron chi connectivity index (χ3n) is 2.07. The van der Waals surface area contributed by atoms with Crippen molar-refractivity contribution in [2.75, 3.05) is 27.4 Å². The zero-order valence-corrected chi connectivity index (χ0v) is 9.97. The third kappa shape index (κ3) is 3.84. The van der Waals surface area contributed by atoms with Crippen LogP contribution in [-0.4, -0.2) is 37.4 Å². The third-order valence-corrected chi connectivity index (χ3v) is 2.07. The minimum absolute atomic E-state index is 0.436. The van der Waals surface area contributed by atoms with Crippen LogP contribution >= 0.6 is 0 Å². The van der Waals surface area contributed by atoms with Gasteiger partial charge in [0.1, 0.15) is 5.82 Å². The summed E-state index contributed by atoms with van der Waals surface area (Å²) >= 11 is 0. The molecule has 0 aliphatic carbocycles. The van der Waals surface area contributed by atoms with Crippen molar-refractivity contribution < 1.29 is 14.2 Å². The van der Waals surface area contributed by atoms with Gasteiger partial charge in [-0.2, -0.15) is 0 Å². The van der Waals surface area contributed by atoms with Crippen LogP contribution in [0.2, 0.25) is 0 Å². The molecule has 5 nitrogen and oxygen atoms in total. The van der Waals surface area contributed by atoms with E-state index < -0.39 is 6.29 Å². The molecule has 1 heterocycles. The minimum atomic E-state index is -0.436. The molecule has 0 spiro atoms. The van der Waals surface area contributed by atoms with E-state index in [0.29, 0.717) is 19.6 Å². The molecule has 0 aliphatic heterocycles. The molecule has 1 rings (SSSR count). The molecular formula is C11H18N2O3. The van der Waals surface area contributed by atoms with Gasteiger partial charge < -0.3 is 14.2 Å². The first kappa shape index (κ1) is 13.0. The van der Waals surface area contributed by atoms with Crippen molar-refractivity contribution in [3.05, 3.63) is 23.8 Å². The first-order valence-corrected chi connectivity index (χ1v) is 5.27. The van der Waals surface area contributed by atoms with E-state index in [1.54, 1.807) is 26.5 Å². The Hall–Kier alpha value is -1.04. The molecule has 0 amide bonds. The van der Waals surface area contributed by atoms with Gasteiger partial charge in [-0.1, -0.05) is 0 Å². The van der Waals surface area contributed by atoms with Crippen LogP contribution in [0.15, 0.2) is 12.3 Å². The van der Waals surface area contributed by atoms with Crippen LogP contribution in [0, 0.1) is 0 Å². The number of hydrogen-bond donors (Lipinski definition) is 0. The predicted octanol–water partition coefficient (Wildman–Crippen LogP) is 1.35. The lowest BCUT2D eigenvalue weighted by Gasteiger charge is -2.12. The quantitative estimate of drug-likeness (QED) is 0.519. The Morgan fingerprint density at radius 2 is 2.06 bits per heavy atom. The van der Waals surface area contributed by atoms with Gasteiger partial charge in [-0.3, -0.25) is 0 Å². The maximum Gasteiger partial charge on any atom is 0.200 e. The normalized spacial score (nSPS) is 11.0. The molecule has 0 radical (unpaired) electrons. The Bertz CT molecular complexity index is 303. The SMILES string of the molecule is CCOCCc1nccc(C(OC)OC)n1. The average molecular weight is 226 g/mol. The number of rotatable bonds is 7. The fourth-order valence-electron chi connectivity index (χ4n) is 1.31. The van der Waals surface area contributed by atoms with Crippen LogP contribution < -0.4 is 0 Å². The van der Waals surface area contributed by atoms with Crippen LogP contribution in [-0.2, 0) is 20.6 Å². The van der Waals surface area contributed by atoms with Gasteiger partial charge in [0.25, 0.3) is 0 Å². The summed E-state index contributed by atoms with van der Waals surface area (Å²) in [5, 5.41) is 0. The van der Waals surface area contributed by atoms with Crippen molar-refractivity contribution in [2.45, 2.75) is 19.6 Å². The van der Waals surface area contributed by atoms with Crippen molar-refractivity contribution in [1.82, 2.24) is 9.97 Å². The lowest BCUT2D eigenvalue weighted by molar-refractivity contribution is -0.108. The summed E-state index contributed by atoms with van der Waals surface area (Å²) in [6, 6.07) is 1.78. The highest BCUT2D eigenvalue weighted by Crippen LogP contribution is 2.13. The molecule has 90 valence electrons. The second kappa shape index (κ2) is 7.27. The molecule has 0 saturated heterocycles. The second-order valence-electron chi connectivity index (χ2n) is 3.15. The van der Waals surface area contributed by atoms with Crippen LogP contribution in [0.5, 0.6) is 0 Å². The monoisotopic (exact) mass is 226 g/mol. The van der Waals surface area contributed by atoms with Crippen LogP contribution in [0.3, 0.4) is 0 Å². The van der Waals surface area contributed by atoms with Crippen LogP contribution in [0.4, 0.5) is 0 Å². The van der Waals surface area contributed by atoms with E-state index >= 15 is 0 Å². The summed E-state index contributed by atoms with van der Waals surface area (Å²) in [5.74, 6) is 0.741. The van der Waals surface area contributed by atoms with Crippen molar-refractivity contribution in [3.63, 3.8) is 0 Å². The zero-order valence-electron chi connectivity index (χ0n) is 9.97. The maximum atomic E-state index is 5.25. The molecule has 0 N–H and O–H groups in total. The van der Waals surface area contributed by atoms with E-state index in [4.69, 9.17) is 14.2 Å². The Kier molecular flexibility index (Phi) is 5.92. The van der Waals surface area contributed by atoms with Gasteiger partial charge >= 0.3 is 0 Å². The Labute approximate surface area is 95.8 Å². The summed E-state index contributed by atoms with van der Waals surface area (Å²) in [5.41, 5.74) is 0.728. The van der Waals surface area contributed by atoms with E-state index in [9.17, 15) is 0 Å². The number of methoxy groups -OCH3 is 2. The van der Waals surface area contributed by atoms with E-state index in [1.165, 1.54) is 0 Å². The molecule has 16 heavy (non-hydrogen) atoms. The first-order chi connectivity index (χ1) is 7.81. The zero-order chi connectivity index (χ0) is 11.8. The van der Waals surface area contributed by atoms with Crippen LogP contribution in [0.25, 0.3) is 0 Å². The average Bonchev–Trinajstić information content (AvgIpc) is 2.32. The number of ether oxygens (including phenoxy) is 3. The highest BCUT2D eigenvalue weighted by atomic mass is 16.7. The highest BCUT2D eigenvalue weighted by Gasteiger charge is 2.11. The Morgan fingerprint density at radius 1 is 1.31 bits per heavy atom. The smallest absolute Gasteiger partial charge is 0.200 e. The maximum absolute atomic E-state index is 5.25. The molecule has 0 atom stereocenters. The summed E-state index contributed by atoms with van der Waals surface area (Å²) in [4.78, 5) is 8.51. The number of hydrogen-bond acceptors (Lipinski definition) is 5. The summed E-state index contributed by atoms with van der Waals surface area (Å²) in [6.45, 7) is 3.30. The standard InChI is InChI=1S/C11H18N2O3/c1-4-16-8-6-10-12-7-5-9(13-10)11(14-2)15-3/h5,7,11H,4,6,8H2,1-3H3. The number of aromatic nitrogens is 2. The molecule has 5 heteroatoms. The topological polar surface area (TPSA) is 53.5 Å². The van der Waals surface area contributed by atoms with Gasteiger partial charge in [0, 0.05) is 33.4 Å². The molecule has 0 saturated carbocycles. The summed E-state index contributed by atoms with van der Waals surface area (Å²) in [7, 11) is 3.16. The van der Waals surface area contributed by atoms with Crippen molar-refractivity contribution in [1.29, 1.82) is 0 Å². The van der Waals surface area contributed by atoms with Crippen LogP contribution in [0.1, 0.15) is 24.7 Å². The molecular weight excluding hydrogens is 208 g/mol. The summed E-state index contributed by atoms with van der Waals surface area (Å²) in [6.07, 6.45) is 1.96. The predicted molar refractivity (Wildman–Crippen MR) is 59.0 cm³/mol. The molecule has 0 bridgehead atoms. The Balaban J connectivity index is 2.62. The van der Waals surface area contributed by atoms with E-state index in [2.05, 4.69) is 9.97 Å². The lowest BCUT2D eigenvalue weighted by Crippen LogP contribution is -2.10. The summed E-state index contributed by atoms with van der Waals surface area (Å²) < 4.78 is 15.5. The molecule has 0 aromatic carbocycles. The minimum Gasteiger partial charge on any atom is -0.381 e. The van der Waals surface area contributed by atoms with Gasteiger partial charge in [-0.15, -0.1) is 0 Å². The highest BCUT2D eigenvalue weighted by molar-refractivity contribution is 5.04. The van der Waals surface area contributed by atoms with Crippen molar-refractivity contribution >= 4 is 0 Å². The molecule has 0 unspecified atom stereocenters. The fraction of sp³-hybridized carbons (Fsp3) is 0.636. The van der Waals surface area contributed by atoms with Gasteiger partial charge in [-0.05, 0) is 13.0 Å². The van der Waals surface area contributed by atoms with E-state index in [1.807, 2.05) is 6.92 Å². The van der Waals surface area contributed by atoms with Gasteiger partial charge in [-0.25, -0.2) is 9.97 Å². The lowest BCUT2D eigenvalue weighted by atomic mass is 10.3. The van der Waals surface area contributed by atoms with E-state index in [-0.39, 0.29) is 0 Å². The molecule has 0 aliphatic rings.